The number of methoxy groups -OCH3 is 1. The zero-order valence-electron chi connectivity index (χ0n) is 16.9. The molecule has 0 bridgehead atoms. The number of sulfone groups is 1. The third kappa shape index (κ3) is 5.23. The molecule has 156 valence electrons. The Labute approximate surface area is 174 Å². The third-order valence-corrected chi connectivity index (χ3v) is 6.99. The van der Waals surface area contributed by atoms with Crippen LogP contribution in [0.3, 0.4) is 0 Å². The van der Waals surface area contributed by atoms with Gasteiger partial charge in [0.1, 0.15) is 26.1 Å². The minimum Gasteiger partial charge on any atom is -0.497 e. The molecule has 0 radical (unpaired) electrons. The van der Waals surface area contributed by atoms with Crippen molar-refractivity contribution in [1.82, 2.24) is 14.9 Å². The lowest BCUT2D eigenvalue weighted by molar-refractivity contribution is 0.221. The first-order valence-corrected chi connectivity index (χ1v) is 12.2. The van der Waals surface area contributed by atoms with Crippen LogP contribution >= 0.6 is 11.3 Å². The van der Waals surface area contributed by atoms with Crippen LogP contribution < -0.4 is 10.3 Å². The zero-order chi connectivity index (χ0) is 21.2. The molecule has 0 amide bonds. The average molecular weight is 436 g/mol. The minimum absolute atomic E-state index is 0.0629. The van der Waals surface area contributed by atoms with Crippen molar-refractivity contribution in [2.24, 2.45) is 0 Å². The van der Waals surface area contributed by atoms with Crippen molar-refractivity contribution < 1.29 is 13.2 Å². The standard InChI is InChI=1S/C20H25N3O4S2/c1-5-23(13(2)12-29(4,25)26)11-18-21-16-10-17(28-19(16)20(24)22-18)14-6-8-15(27-3)9-7-14/h6-10,13H,5,11-12H2,1-4H3,(H,21,22,24). The number of nitrogens with one attached hydrogen (secondary N) is 1. The molecule has 1 aromatic carbocycles. The molecule has 0 fully saturated rings. The van der Waals surface area contributed by atoms with Gasteiger partial charge < -0.3 is 9.72 Å². The highest BCUT2D eigenvalue weighted by Gasteiger charge is 2.19. The molecular formula is C20H25N3O4S2. The van der Waals surface area contributed by atoms with Crippen LogP contribution in [0.5, 0.6) is 5.75 Å². The number of rotatable bonds is 8. The second kappa shape index (κ2) is 8.64. The van der Waals surface area contributed by atoms with E-state index >= 15 is 0 Å². The maximum Gasteiger partial charge on any atom is 0.268 e. The van der Waals surface area contributed by atoms with Crippen LogP contribution in [0.4, 0.5) is 0 Å². The number of ether oxygens (including phenoxy) is 1. The number of aromatic amines is 1. The molecule has 2 aromatic heterocycles. The van der Waals surface area contributed by atoms with E-state index in [1.165, 1.54) is 17.6 Å². The highest BCUT2D eigenvalue weighted by Crippen LogP contribution is 2.31. The van der Waals surface area contributed by atoms with Crippen LogP contribution in [0.1, 0.15) is 19.7 Å². The molecule has 7 nitrogen and oxygen atoms in total. The SMILES string of the molecule is CCN(Cc1nc2cc(-c3ccc(OC)cc3)sc2c(=O)[nH]1)C(C)CS(C)(=O)=O. The van der Waals surface area contributed by atoms with Crippen LogP contribution in [-0.2, 0) is 16.4 Å². The highest BCUT2D eigenvalue weighted by molar-refractivity contribution is 7.90. The van der Waals surface area contributed by atoms with Crippen molar-refractivity contribution in [2.75, 3.05) is 25.7 Å². The van der Waals surface area contributed by atoms with Gasteiger partial charge in [-0.05, 0) is 49.4 Å². The van der Waals surface area contributed by atoms with Crippen molar-refractivity contribution in [3.63, 3.8) is 0 Å². The Kier molecular flexibility index (Phi) is 6.40. The monoisotopic (exact) mass is 435 g/mol. The predicted octanol–water partition coefficient (Wildman–Crippen LogP) is 2.92. The van der Waals surface area contributed by atoms with E-state index < -0.39 is 9.84 Å². The molecular weight excluding hydrogens is 410 g/mol. The quantitative estimate of drug-likeness (QED) is 0.585. The molecule has 0 aliphatic rings. The maximum atomic E-state index is 12.6. The van der Waals surface area contributed by atoms with E-state index in [1.54, 1.807) is 7.11 Å². The van der Waals surface area contributed by atoms with Crippen LogP contribution in [0.25, 0.3) is 20.7 Å². The normalized spacial score (nSPS) is 13.1. The minimum atomic E-state index is -3.09. The van der Waals surface area contributed by atoms with E-state index in [1.807, 2.05) is 49.1 Å². The molecule has 0 saturated carbocycles. The summed E-state index contributed by atoms with van der Waals surface area (Å²) >= 11 is 1.40. The Morgan fingerprint density at radius 1 is 1.28 bits per heavy atom. The van der Waals surface area contributed by atoms with Gasteiger partial charge in [0.2, 0.25) is 0 Å². The van der Waals surface area contributed by atoms with Gasteiger partial charge in [0.25, 0.3) is 5.56 Å². The smallest absolute Gasteiger partial charge is 0.268 e. The summed E-state index contributed by atoms with van der Waals surface area (Å²) < 4.78 is 29.0. The topological polar surface area (TPSA) is 92.4 Å². The summed E-state index contributed by atoms with van der Waals surface area (Å²) in [5.41, 5.74) is 1.46. The highest BCUT2D eigenvalue weighted by atomic mass is 32.2. The second-order valence-corrected chi connectivity index (χ2v) is 10.3. The van der Waals surface area contributed by atoms with Crippen molar-refractivity contribution in [3.05, 3.63) is 46.5 Å². The van der Waals surface area contributed by atoms with Crippen LogP contribution in [-0.4, -0.2) is 55.0 Å². The molecule has 0 aliphatic heterocycles. The molecule has 0 saturated heterocycles. The van der Waals surface area contributed by atoms with Gasteiger partial charge in [-0.2, -0.15) is 0 Å². The van der Waals surface area contributed by atoms with E-state index in [2.05, 4.69) is 9.97 Å². The molecule has 3 rings (SSSR count). The molecule has 1 N–H and O–H groups in total. The Morgan fingerprint density at radius 2 is 1.97 bits per heavy atom. The first-order valence-electron chi connectivity index (χ1n) is 9.29. The number of H-pyrrole nitrogens is 1. The van der Waals surface area contributed by atoms with Crippen LogP contribution in [0, 0.1) is 0 Å². The largest absolute Gasteiger partial charge is 0.497 e. The van der Waals surface area contributed by atoms with E-state index in [4.69, 9.17) is 4.74 Å². The number of fused-ring (bicyclic) bond motifs is 1. The van der Waals surface area contributed by atoms with E-state index in [9.17, 15) is 13.2 Å². The van der Waals surface area contributed by atoms with Crippen molar-refractivity contribution in [3.8, 4) is 16.2 Å². The summed E-state index contributed by atoms with van der Waals surface area (Å²) in [5.74, 6) is 1.37. The summed E-state index contributed by atoms with van der Waals surface area (Å²) in [4.78, 5) is 23.0. The number of hydrogen-bond acceptors (Lipinski definition) is 7. The van der Waals surface area contributed by atoms with Gasteiger partial charge in [-0.3, -0.25) is 9.69 Å². The van der Waals surface area contributed by atoms with Crippen molar-refractivity contribution in [2.45, 2.75) is 26.4 Å². The van der Waals surface area contributed by atoms with Crippen LogP contribution in [0.2, 0.25) is 0 Å². The Morgan fingerprint density at radius 3 is 2.55 bits per heavy atom. The predicted molar refractivity (Wildman–Crippen MR) is 117 cm³/mol. The van der Waals surface area contributed by atoms with E-state index in [0.717, 1.165) is 16.2 Å². The van der Waals surface area contributed by atoms with Crippen molar-refractivity contribution in [1.29, 1.82) is 0 Å². The lowest BCUT2D eigenvalue weighted by Gasteiger charge is -2.26. The molecule has 1 unspecified atom stereocenters. The fourth-order valence-electron chi connectivity index (χ4n) is 3.28. The molecule has 0 aliphatic carbocycles. The number of benzene rings is 1. The number of thiophene rings is 1. The fourth-order valence-corrected chi connectivity index (χ4v) is 5.36. The van der Waals surface area contributed by atoms with Gasteiger partial charge in [-0.15, -0.1) is 11.3 Å². The summed E-state index contributed by atoms with van der Waals surface area (Å²) in [5, 5.41) is 0. The molecule has 29 heavy (non-hydrogen) atoms. The zero-order valence-corrected chi connectivity index (χ0v) is 18.6. The lowest BCUT2D eigenvalue weighted by atomic mass is 10.2. The maximum absolute atomic E-state index is 12.6. The van der Waals surface area contributed by atoms with E-state index in [0.29, 0.717) is 29.1 Å². The molecule has 9 heteroatoms. The summed E-state index contributed by atoms with van der Waals surface area (Å²) in [6.07, 6.45) is 1.23. The third-order valence-electron chi connectivity index (χ3n) is 4.73. The van der Waals surface area contributed by atoms with Crippen LogP contribution in [0.15, 0.2) is 35.1 Å². The Balaban J connectivity index is 1.89. The van der Waals surface area contributed by atoms with Gasteiger partial charge in [0.05, 0.1) is 24.9 Å². The average Bonchev–Trinajstić information content (AvgIpc) is 3.09. The van der Waals surface area contributed by atoms with Crippen molar-refractivity contribution >= 4 is 31.4 Å². The molecule has 0 spiro atoms. The number of hydrogen-bond donors (Lipinski definition) is 1. The molecule has 3 aromatic rings. The second-order valence-electron chi connectivity index (χ2n) is 7.07. The molecule has 2 heterocycles. The summed E-state index contributed by atoms with van der Waals surface area (Å²) in [6.45, 7) is 4.86. The lowest BCUT2D eigenvalue weighted by Crippen LogP contribution is -2.38. The number of aromatic nitrogens is 2. The van der Waals surface area contributed by atoms with Gasteiger partial charge in [-0.1, -0.05) is 6.92 Å². The Bertz CT molecular complexity index is 1150. The first kappa shape index (κ1) is 21.5. The van der Waals surface area contributed by atoms with Gasteiger partial charge in [0.15, 0.2) is 0 Å². The van der Waals surface area contributed by atoms with Gasteiger partial charge in [-0.25, -0.2) is 13.4 Å². The van der Waals surface area contributed by atoms with Gasteiger partial charge >= 0.3 is 0 Å². The van der Waals surface area contributed by atoms with Gasteiger partial charge in [0, 0.05) is 17.2 Å². The fraction of sp³-hybridized carbons (Fsp3) is 0.400. The summed E-state index contributed by atoms with van der Waals surface area (Å²) in [6, 6.07) is 9.40. The first-order chi connectivity index (χ1) is 13.7. The summed E-state index contributed by atoms with van der Waals surface area (Å²) in [7, 11) is -1.47. The number of nitrogens with zero attached hydrogens (tertiary/aromatic N) is 2. The molecule has 1 atom stereocenters. The Hall–Kier alpha value is -2.23. The van der Waals surface area contributed by atoms with E-state index in [-0.39, 0.29) is 17.4 Å².